The molecule has 0 rings (SSSR count). The molecule has 0 spiro atoms. The molecule has 0 unspecified atom stereocenters. The molecule has 0 aromatic carbocycles. The van der Waals surface area contributed by atoms with E-state index >= 15 is 0 Å². The van der Waals surface area contributed by atoms with E-state index in [0.29, 0.717) is 0 Å². The van der Waals surface area contributed by atoms with Crippen LogP contribution in [0.2, 0.25) is 0 Å². The SMILES string of the molecule is C[N+](C)(C)C.C[N+](C)(C)C.C[N+](C)(C)C.O=C([O-])O.O=C([O-])[O-]. The van der Waals surface area contributed by atoms with Gasteiger partial charge in [0.1, 0.15) is 0 Å². The Hall–Kier alpha value is -1.58. The Bertz CT molecular complexity index is 222. The van der Waals surface area contributed by atoms with E-state index in [4.69, 9.17) is 30.0 Å². The minimum Gasteiger partial charge on any atom is -0.652 e. The normalized spacial score (nSPS) is 9.91. The first-order valence-electron chi connectivity index (χ1n) is 6.61. The number of hydrogen-bond acceptors (Lipinski definition) is 5. The molecule has 0 saturated carbocycles. The third-order valence-corrected chi connectivity index (χ3v) is 0. The molecule has 0 atom stereocenters. The topological polar surface area (TPSA) is 124 Å². The van der Waals surface area contributed by atoms with Crippen molar-refractivity contribution in [3.05, 3.63) is 0 Å². The molecule has 0 amide bonds. The molecule has 9 heteroatoms. The standard InChI is InChI=1S/3C4H12N.2CH2O3/c3*1-5(2,3)4;2*2-1(3)4/h3*1-4H3;2*(H2,2,3,4)/q3*+1;;/p-3. The highest BCUT2D eigenvalue weighted by molar-refractivity contribution is 5.50. The van der Waals surface area contributed by atoms with Gasteiger partial charge in [-0.2, -0.15) is 0 Å². The van der Waals surface area contributed by atoms with Crippen molar-refractivity contribution in [2.45, 2.75) is 0 Å². The number of carbonyl (C=O) groups is 2. The average molecular weight is 343 g/mol. The van der Waals surface area contributed by atoms with E-state index < -0.39 is 12.3 Å². The number of rotatable bonds is 0. The summed E-state index contributed by atoms with van der Waals surface area (Å²) in [6.07, 6.45) is -4.42. The molecular weight excluding hydrogens is 306 g/mol. The van der Waals surface area contributed by atoms with Crippen molar-refractivity contribution in [1.29, 1.82) is 0 Å². The lowest BCUT2D eigenvalue weighted by Gasteiger charge is -2.14. The fourth-order valence-electron chi connectivity index (χ4n) is 0. The minimum atomic E-state index is -2.33. The lowest BCUT2D eigenvalue weighted by Crippen LogP contribution is -2.37. The Kier molecular flexibility index (Phi) is 22.1. The summed E-state index contributed by atoms with van der Waals surface area (Å²) in [7, 11) is 25.5. The maximum atomic E-state index is 8.44. The van der Waals surface area contributed by atoms with Gasteiger partial charge >= 0.3 is 0 Å². The molecular formula is C14H37N3O6. The van der Waals surface area contributed by atoms with Crippen molar-refractivity contribution in [2.24, 2.45) is 0 Å². The van der Waals surface area contributed by atoms with Crippen LogP contribution in [-0.4, -0.2) is 115 Å². The lowest BCUT2D eigenvalue weighted by atomic mass is 10.8. The summed E-state index contributed by atoms with van der Waals surface area (Å²) in [6.45, 7) is 0. The van der Waals surface area contributed by atoms with Crippen molar-refractivity contribution in [1.82, 2.24) is 0 Å². The summed E-state index contributed by atoms with van der Waals surface area (Å²) in [4.78, 5) is 16.8. The lowest BCUT2D eigenvalue weighted by molar-refractivity contribution is -0.849. The summed E-state index contributed by atoms with van der Waals surface area (Å²) < 4.78 is 3.00. The van der Waals surface area contributed by atoms with Gasteiger partial charge in [-0.05, 0) is 6.16 Å². The fourth-order valence-corrected chi connectivity index (χ4v) is 0. The summed E-state index contributed by atoms with van der Waals surface area (Å²) in [5, 5.41) is 32.0. The van der Waals surface area contributed by atoms with Gasteiger partial charge in [0.05, 0.1) is 84.6 Å². The van der Waals surface area contributed by atoms with Gasteiger partial charge in [0.2, 0.25) is 6.16 Å². The first-order valence-corrected chi connectivity index (χ1v) is 6.61. The fraction of sp³-hybridized carbons (Fsp3) is 0.857. The van der Waals surface area contributed by atoms with Gasteiger partial charge < -0.3 is 43.5 Å². The molecule has 0 aliphatic rings. The zero-order chi connectivity index (χ0) is 20.7. The van der Waals surface area contributed by atoms with Crippen LogP contribution in [-0.2, 0) is 0 Å². The molecule has 0 fully saturated rings. The maximum Gasteiger partial charge on any atom is 0.249 e. The highest BCUT2D eigenvalue weighted by atomic mass is 16.6. The minimum absolute atomic E-state index is 1.00. The third kappa shape index (κ3) is 2780. The molecule has 0 aromatic rings. The third-order valence-electron chi connectivity index (χ3n) is 0. The predicted molar refractivity (Wildman–Crippen MR) is 85.3 cm³/mol. The van der Waals surface area contributed by atoms with Crippen LogP contribution in [0.25, 0.3) is 0 Å². The number of nitrogens with zero attached hydrogens (tertiary/aromatic N) is 3. The number of carbonyl (C=O) groups excluding carboxylic acids is 1. The molecule has 0 aliphatic heterocycles. The van der Waals surface area contributed by atoms with Crippen LogP contribution < -0.4 is 15.3 Å². The first kappa shape index (κ1) is 33.1. The summed E-state index contributed by atoms with van der Waals surface area (Å²) >= 11 is 0. The largest absolute Gasteiger partial charge is 0.652 e. The van der Waals surface area contributed by atoms with Crippen LogP contribution in [0.3, 0.4) is 0 Å². The number of carboxylic acid groups (broad SMARTS) is 4. The van der Waals surface area contributed by atoms with E-state index in [0.717, 1.165) is 13.4 Å². The van der Waals surface area contributed by atoms with Crippen LogP contribution in [0.4, 0.5) is 9.59 Å². The van der Waals surface area contributed by atoms with Gasteiger partial charge in [0.25, 0.3) is 0 Å². The zero-order valence-electron chi connectivity index (χ0n) is 16.8. The van der Waals surface area contributed by atoms with Crippen molar-refractivity contribution in [3.8, 4) is 0 Å². The monoisotopic (exact) mass is 343 g/mol. The van der Waals surface area contributed by atoms with E-state index in [9.17, 15) is 0 Å². The van der Waals surface area contributed by atoms with Crippen LogP contribution in [0, 0.1) is 0 Å². The van der Waals surface area contributed by atoms with Crippen molar-refractivity contribution in [2.75, 3.05) is 84.6 Å². The van der Waals surface area contributed by atoms with Gasteiger partial charge in [-0.15, -0.1) is 0 Å². The van der Waals surface area contributed by atoms with Crippen LogP contribution in [0.15, 0.2) is 0 Å². The predicted octanol–water partition coefficient (Wildman–Crippen LogP) is -2.59. The van der Waals surface area contributed by atoms with E-state index in [1.165, 1.54) is 0 Å². The molecule has 9 nitrogen and oxygen atoms in total. The summed E-state index contributed by atoms with van der Waals surface area (Å²) in [5.41, 5.74) is 0. The van der Waals surface area contributed by atoms with Gasteiger partial charge in [0, 0.05) is 0 Å². The first-order chi connectivity index (χ1) is 9.46. The smallest absolute Gasteiger partial charge is 0.249 e. The number of quaternary nitrogens is 3. The Morgan fingerprint density at radius 1 is 0.565 bits per heavy atom. The Morgan fingerprint density at radius 2 is 0.565 bits per heavy atom. The second-order valence-corrected chi connectivity index (χ2v) is 8.57. The van der Waals surface area contributed by atoms with Crippen LogP contribution in [0.5, 0.6) is 0 Å². The summed E-state index contributed by atoms with van der Waals surface area (Å²) in [6, 6.07) is 0. The Labute approximate surface area is 141 Å². The molecule has 144 valence electrons. The van der Waals surface area contributed by atoms with Gasteiger partial charge in [-0.25, -0.2) is 0 Å². The van der Waals surface area contributed by atoms with Crippen LogP contribution >= 0.6 is 0 Å². The molecule has 0 radical (unpaired) electrons. The Balaban J connectivity index is -0.0000000589. The van der Waals surface area contributed by atoms with Crippen molar-refractivity contribution < 1.29 is 43.5 Å². The van der Waals surface area contributed by atoms with E-state index in [2.05, 4.69) is 84.6 Å². The van der Waals surface area contributed by atoms with Crippen molar-refractivity contribution in [3.63, 3.8) is 0 Å². The molecule has 23 heavy (non-hydrogen) atoms. The summed E-state index contributed by atoms with van der Waals surface area (Å²) in [5.74, 6) is 0. The van der Waals surface area contributed by atoms with Gasteiger partial charge in [0.15, 0.2) is 0 Å². The Morgan fingerprint density at radius 3 is 0.565 bits per heavy atom. The highest BCUT2D eigenvalue weighted by Crippen LogP contribution is 1.74. The molecule has 0 aliphatic carbocycles. The van der Waals surface area contributed by atoms with Crippen molar-refractivity contribution >= 4 is 12.3 Å². The van der Waals surface area contributed by atoms with Gasteiger partial charge in [-0.3, -0.25) is 0 Å². The molecule has 1 N–H and O–H groups in total. The second kappa shape index (κ2) is 15.3. The molecule has 0 aromatic heterocycles. The molecule has 0 heterocycles. The zero-order valence-corrected chi connectivity index (χ0v) is 16.8. The maximum absolute atomic E-state index is 8.44. The van der Waals surface area contributed by atoms with E-state index in [-0.39, 0.29) is 0 Å². The quantitative estimate of drug-likeness (QED) is 0.481. The molecule has 0 saturated heterocycles. The van der Waals surface area contributed by atoms with Gasteiger partial charge in [-0.1, -0.05) is 0 Å². The average Bonchev–Trinajstić information content (AvgIpc) is 1.85. The van der Waals surface area contributed by atoms with E-state index in [1.807, 2.05) is 0 Å². The van der Waals surface area contributed by atoms with Crippen LogP contribution in [0.1, 0.15) is 0 Å². The molecule has 0 bridgehead atoms. The second-order valence-electron chi connectivity index (χ2n) is 8.57. The number of hydrogen-bond donors (Lipinski definition) is 1. The highest BCUT2D eigenvalue weighted by Gasteiger charge is 1.89. The van der Waals surface area contributed by atoms with E-state index in [1.54, 1.807) is 0 Å².